The molecule has 0 radical (unpaired) electrons. The van der Waals surface area contributed by atoms with Gasteiger partial charge in [-0.15, -0.1) is 0 Å². The van der Waals surface area contributed by atoms with Gasteiger partial charge in [-0.3, -0.25) is 0 Å². The van der Waals surface area contributed by atoms with Gasteiger partial charge in [-0.25, -0.2) is 24.0 Å². The van der Waals surface area contributed by atoms with Crippen molar-refractivity contribution in [2.24, 2.45) is 0 Å². The first kappa shape index (κ1) is 47.6. The van der Waals surface area contributed by atoms with Gasteiger partial charge in [0.1, 0.15) is 17.2 Å². The number of carbonyl (C=O) groups is 5. The number of unbranched alkanes of at least 4 members (excludes halogenated alkanes) is 3. The summed E-state index contributed by atoms with van der Waals surface area (Å²) >= 11 is 0. The van der Waals surface area contributed by atoms with E-state index in [0.29, 0.717) is 55.3 Å². The van der Waals surface area contributed by atoms with E-state index in [1.165, 1.54) is 6.07 Å². The molecule has 5 aromatic rings. The van der Waals surface area contributed by atoms with Gasteiger partial charge < -0.3 is 37.9 Å². The fourth-order valence-electron chi connectivity index (χ4n) is 6.37. The molecule has 0 heterocycles. The molecule has 5 rings (SSSR count). The maximum absolute atomic E-state index is 13.5. The minimum atomic E-state index is -0.640. The van der Waals surface area contributed by atoms with Gasteiger partial charge >= 0.3 is 29.8 Å². The first-order valence-corrected chi connectivity index (χ1v) is 21.1. The van der Waals surface area contributed by atoms with Gasteiger partial charge in [0.05, 0.1) is 50.8 Å². The van der Waals surface area contributed by atoms with Gasteiger partial charge in [-0.05, 0) is 126 Å². The molecular formula is C51H52O13. The lowest BCUT2D eigenvalue weighted by atomic mass is 9.99. The van der Waals surface area contributed by atoms with Crippen LogP contribution >= 0.6 is 0 Å². The largest absolute Gasteiger partial charge is 0.494 e. The lowest BCUT2D eigenvalue weighted by Gasteiger charge is -2.15. The van der Waals surface area contributed by atoms with Crippen LogP contribution in [-0.2, 0) is 35.0 Å². The Bertz CT molecular complexity index is 2470. The molecule has 13 heteroatoms. The van der Waals surface area contributed by atoms with Crippen molar-refractivity contribution >= 4 is 51.4 Å². The molecule has 0 aromatic heterocycles. The van der Waals surface area contributed by atoms with Crippen LogP contribution in [0.3, 0.4) is 0 Å². The van der Waals surface area contributed by atoms with E-state index in [-0.39, 0.29) is 37.7 Å². The average molecular weight is 873 g/mol. The zero-order valence-electron chi connectivity index (χ0n) is 35.9. The number of hydrogen-bond acceptors (Lipinski definition) is 13. The van der Waals surface area contributed by atoms with Crippen molar-refractivity contribution in [1.29, 1.82) is 0 Å². The van der Waals surface area contributed by atoms with Gasteiger partial charge in [-0.1, -0.05) is 44.9 Å². The predicted molar refractivity (Wildman–Crippen MR) is 241 cm³/mol. The van der Waals surface area contributed by atoms with E-state index in [1.807, 2.05) is 37.3 Å². The highest BCUT2D eigenvalue weighted by Crippen LogP contribution is 2.32. The van der Waals surface area contributed by atoms with Crippen LogP contribution in [-0.4, -0.2) is 69.5 Å². The van der Waals surface area contributed by atoms with Crippen LogP contribution in [0.2, 0.25) is 0 Å². The molecule has 64 heavy (non-hydrogen) atoms. The molecule has 0 saturated heterocycles. The highest BCUT2D eigenvalue weighted by Gasteiger charge is 2.17. The molecule has 0 unspecified atom stereocenters. The van der Waals surface area contributed by atoms with Crippen molar-refractivity contribution in [1.82, 2.24) is 0 Å². The van der Waals surface area contributed by atoms with Crippen LogP contribution in [0.4, 0.5) is 0 Å². The molecule has 0 spiro atoms. The molecule has 0 bridgehead atoms. The number of aryl methyl sites for hydroxylation is 1. The maximum Gasteiger partial charge on any atom is 0.343 e. The molecule has 0 atom stereocenters. The molecular weight excluding hydrogens is 821 g/mol. The SMILES string of the molecule is C=CC(=O)OCCCCCCOc1ccc2cc(OC(=O)c3cc(CC)c4cc(OC(=O)c5ccc(OCCCOC(=O)C=C)c(OCCCOC(=O)C=C)c5)ccc4c3)ccc2c1. The normalized spacial score (nSPS) is 10.6. The number of fused-ring (bicyclic) bond motifs is 2. The number of benzene rings is 5. The lowest BCUT2D eigenvalue weighted by Crippen LogP contribution is -2.11. The lowest BCUT2D eigenvalue weighted by molar-refractivity contribution is -0.138. The van der Waals surface area contributed by atoms with E-state index in [2.05, 4.69) is 19.7 Å². The second kappa shape index (κ2) is 24.9. The molecule has 0 fully saturated rings. The minimum absolute atomic E-state index is 0.105. The van der Waals surface area contributed by atoms with Crippen LogP contribution in [0.1, 0.15) is 71.7 Å². The number of rotatable bonds is 26. The molecule has 0 aliphatic heterocycles. The number of esters is 5. The summed E-state index contributed by atoms with van der Waals surface area (Å²) in [4.78, 5) is 60.8. The Morgan fingerprint density at radius 1 is 0.453 bits per heavy atom. The molecule has 0 amide bonds. The van der Waals surface area contributed by atoms with Crippen molar-refractivity contribution in [3.63, 3.8) is 0 Å². The fourth-order valence-corrected chi connectivity index (χ4v) is 6.37. The first-order valence-electron chi connectivity index (χ1n) is 21.1. The van der Waals surface area contributed by atoms with Gasteiger partial charge in [0, 0.05) is 31.1 Å². The van der Waals surface area contributed by atoms with Crippen molar-refractivity contribution < 1.29 is 61.9 Å². The highest BCUT2D eigenvalue weighted by atomic mass is 16.6. The molecule has 0 N–H and O–H groups in total. The zero-order chi connectivity index (χ0) is 45.7. The van der Waals surface area contributed by atoms with E-state index < -0.39 is 29.8 Å². The van der Waals surface area contributed by atoms with Crippen LogP contribution in [0, 0.1) is 0 Å². The summed E-state index contributed by atoms with van der Waals surface area (Å²) in [7, 11) is 0. The Labute approximate surface area is 372 Å². The molecule has 0 saturated carbocycles. The molecule has 0 aliphatic rings. The van der Waals surface area contributed by atoms with Gasteiger partial charge in [0.2, 0.25) is 0 Å². The maximum atomic E-state index is 13.5. The van der Waals surface area contributed by atoms with Crippen molar-refractivity contribution in [3.05, 3.63) is 140 Å². The summed E-state index contributed by atoms with van der Waals surface area (Å²) in [5, 5.41) is 3.40. The van der Waals surface area contributed by atoms with Crippen LogP contribution in [0.5, 0.6) is 28.7 Å². The highest BCUT2D eigenvalue weighted by molar-refractivity contribution is 5.99. The Hall–Kier alpha value is -7.41. The minimum Gasteiger partial charge on any atom is -0.494 e. The number of ether oxygens (including phenoxy) is 8. The van der Waals surface area contributed by atoms with E-state index in [9.17, 15) is 24.0 Å². The van der Waals surface area contributed by atoms with E-state index in [1.54, 1.807) is 48.5 Å². The predicted octanol–water partition coefficient (Wildman–Crippen LogP) is 9.66. The molecule has 0 aliphatic carbocycles. The Morgan fingerprint density at radius 3 is 1.56 bits per heavy atom. The monoisotopic (exact) mass is 872 g/mol. The summed E-state index contributed by atoms with van der Waals surface area (Å²) in [5.74, 6) is -0.564. The Morgan fingerprint density at radius 2 is 0.953 bits per heavy atom. The van der Waals surface area contributed by atoms with Gasteiger partial charge in [0.15, 0.2) is 11.5 Å². The third-order valence-corrected chi connectivity index (χ3v) is 9.64. The van der Waals surface area contributed by atoms with Gasteiger partial charge in [0.25, 0.3) is 0 Å². The van der Waals surface area contributed by atoms with Crippen LogP contribution in [0.15, 0.2) is 123 Å². The molecule has 13 nitrogen and oxygen atoms in total. The van der Waals surface area contributed by atoms with Crippen molar-refractivity contribution in [3.8, 4) is 28.7 Å². The Balaban J connectivity index is 1.19. The van der Waals surface area contributed by atoms with Crippen LogP contribution < -0.4 is 23.7 Å². The van der Waals surface area contributed by atoms with Gasteiger partial charge in [-0.2, -0.15) is 0 Å². The topological polar surface area (TPSA) is 159 Å². The smallest absolute Gasteiger partial charge is 0.343 e. The second-order valence-corrected chi connectivity index (χ2v) is 14.3. The fraction of sp³-hybridized carbons (Fsp3) is 0.275. The van der Waals surface area contributed by atoms with E-state index >= 15 is 0 Å². The third-order valence-electron chi connectivity index (χ3n) is 9.64. The summed E-state index contributed by atoms with van der Waals surface area (Å²) in [6.07, 6.45) is 8.23. The average Bonchev–Trinajstić information content (AvgIpc) is 3.31. The first-order chi connectivity index (χ1) is 31.1. The van der Waals surface area contributed by atoms with Crippen molar-refractivity contribution in [2.75, 3.05) is 39.6 Å². The summed E-state index contributed by atoms with van der Waals surface area (Å²) < 4.78 is 44.4. The molecule has 334 valence electrons. The summed E-state index contributed by atoms with van der Waals surface area (Å²) in [5.41, 5.74) is 1.43. The van der Waals surface area contributed by atoms with E-state index in [4.69, 9.17) is 37.9 Å². The molecule has 5 aromatic carbocycles. The second-order valence-electron chi connectivity index (χ2n) is 14.3. The summed E-state index contributed by atoms with van der Waals surface area (Å²) in [6, 6.07) is 24.6. The van der Waals surface area contributed by atoms with E-state index in [0.717, 1.165) is 76.8 Å². The number of carbonyl (C=O) groups excluding carboxylic acids is 5. The standard InChI is InChI=1S/C51H52O13/c1-5-35-29-40(51(56)63-42-20-16-36-31-41(19-15-37(36)32-42)57-23-11-9-10-12-24-60-47(52)6-2)30-38-17-21-43(34-44(35)38)64-50(55)39-18-22-45(58-25-13-27-61-48(53)7-3)46(33-39)59-26-14-28-62-49(54)8-4/h6-8,15-22,29-34H,2-5,9-14,23-28H2,1H3. The summed E-state index contributed by atoms with van der Waals surface area (Å²) in [6.45, 7) is 13.6. The Kier molecular flexibility index (Phi) is 18.5. The van der Waals surface area contributed by atoms with Crippen molar-refractivity contribution in [2.45, 2.75) is 51.9 Å². The quantitative estimate of drug-likeness (QED) is 0.0170. The third kappa shape index (κ3) is 14.6. The number of hydrogen-bond donors (Lipinski definition) is 0. The zero-order valence-corrected chi connectivity index (χ0v) is 35.9. The van der Waals surface area contributed by atoms with Crippen LogP contribution in [0.25, 0.3) is 21.5 Å².